The Bertz CT molecular complexity index is 696. The van der Waals surface area contributed by atoms with Crippen molar-refractivity contribution in [3.63, 3.8) is 0 Å². The van der Waals surface area contributed by atoms with E-state index in [1.54, 1.807) is 30.3 Å². The Morgan fingerprint density at radius 3 is 2.16 bits per heavy atom. The predicted molar refractivity (Wildman–Crippen MR) is 70.7 cm³/mol. The third-order valence-electron chi connectivity index (χ3n) is 2.44. The fourth-order valence-electron chi connectivity index (χ4n) is 1.60. The van der Waals surface area contributed by atoms with E-state index in [0.717, 1.165) is 0 Å². The zero-order chi connectivity index (χ0) is 13.9. The standard InChI is InChI=1S/C13H11NO4S/c15-13(14-10-6-2-1-3-7-10)11-8-4-5-9-12(11)19(16,17)18/h1-9H,(H,14,15)(H,16,17,18). The molecule has 0 fully saturated rings. The second-order valence-corrected chi connectivity index (χ2v) is 5.18. The fraction of sp³-hybridized carbons (Fsp3) is 0. The van der Waals surface area contributed by atoms with Gasteiger partial charge in [-0.15, -0.1) is 0 Å². The molecule has 0 aromatic heterocycles. The molecule has 2 aromatic rings. The van der Waals surface area contributed by atoms with Crippen molar-refractivity contribution in [2.45, 2.75) is 4.90 Å². The highest BCUT2D eigenvalue weighted by molar-refractivity contribution is 7.86. The molecule has 0 aliphatic carbocycles. The Morgan fingerprint density at radius 2 is 1.53 bits per heavy atom. The second kappa shape index (κ2) is 5.21. The number of carbonyl (C=O) groups is 1. The number of rotatable bonds is 3. The van der Waals surface area contributed by atoms with Gasteiger partial charge in [-0.3, -0.25) is 9.35 Å². The van der Waals surface area contributed by atoms with Crippen molar-refractivity contribution < 1.29 is 17.8 Å². The smallest absolute Gasteiger partial charge is 0.295 e. The molecule has 0 spiro atoms. The molecule has 0 saturated heterocycles. The minimum absolute atomic E-state index is 0.103. The van der Waals surface area contributed by atoms with E-state index >= 15 is 0 Å². The molecule has 98 valence electrons. The van der Waals surface area contributed by atoms with Crippen LogP contribution >= 0.6 is 0 Å². The summed E-state index contributed by atoms with van der Waals surface area (Å²) < 4.78 is 31.4. The van der Waals surface area contributed by atoms with Gasteiger partial charge in [-0.05, 0) is 24.3 Å². The molecule has 0 saturated carbocycles. The minimum Gasteiger partial charge on any atom is -0.322 e. The molecule has 0 unspecified atom stereocenters. The Hall–Kier alpha value is -2.18. The van der Waals surface area contributed by atoms with Gasteiger partial charge in [0, 0.05) is 5.69 Å². The average molecular weight is 277 g/mol. The fourth-order valence-corrected chi connectivity index (χ4v) is 2.29. The van der Waals surface area contributed by atoms with Gasteiger partial charge in [0.25, 0.3) is 16.0 Å². The van der Waals surface area contributed by atoms with E-state index in [1.165, 1.54) is 24.3 Å². The van der Waals surface area contributed by atoms with Gasteiger partial charge in [-0.2, -0.15) is 8.42 Å². The average Bonchev–Trinajstić information content (AvgIpc) is 2.39. The van der Waals surface area contributed by atoms with Gasteiger partial charge in [0.05, 0.1) is 5.56 Å². The summed E-state index contributed by atoms with van der Waals surface area (Å²) in [4.78, 5) is 11.6. The van der Waals surface area contributed by atoms with E-state index in [9.17, 15) is 13.2 Å². The zero-order valence-corrected chi connectivity index (χ0v) is 10.6. The van der Waals surface area contributed by atoms with Crippen molar-refractivity contribution in [1.29, 1.82) is 0 Å². The van der Waals surface area contributed by atoms with Crippen molar-refractivity contribution >= 4 is 21.7 Å². The Balaban J connectivity index is 2.35. The van der Waals surface area contributed by atoms with Crippen LogP contribution in [0.1, 0.15) is 10.4 Å². The van der Waals surface area contributed by atoms with Crippen LogP contribution in [0.5, 0.6) is 0 Å². The van der Waals surface area contributed by atoms with E-state index in [0.29, 0.717) is 5.69 Å². The lowest BCUT2D eigenvalue weighted by atomic mass is 10.2. The third kappa shape index (κ3) is 3.18. The van der Waals surface area contributed by atoms with Crippen LogP contribution in [0.2, 0.25) is 0 Å². The number of para-hydroxylation sites is 1. The summed E-state index contributed by atoms with van der Waals surface area (Å²) in [5.74, 6) is -0.598. The number of benzene rings is 2. The first-order chi connectivity index (χ1) is 8.98. The van der Waals surface area contributed by atoms with Gasteiger partial charge in [0.15, 0.2) is 0 Å². The topological polar surface area (TPSA) is 83.5 Å². The minimum atomic E-state index is -4.43. The van der Waals surface area contributed by atoms with Crippen molar-refractivity contribution in [3.8, 4) is 0 Å². The first-order valence-electron chi connectivity index (χ1n) is 5.41. The van der Waals surface area contributed by atoms with Crippen LogP contribution in [-0.2, 0) is 10.1 Å². The molecule has 0 heterocycles. The summed E-state index contributed by atoms with van der Waals surface area (Å²) in [6, 6.07) is 14.1. The largest absolute Gasteiger partial charge is 0.322 e. The van der Waals surface area contributed by atoms with Gasteiger partial charge in [-0.25, -0.2) is 0 Å². The molecule has 2 N–H and O–H groups in total. The maximum Gasteiger partial charge on any atom is 0.295 e. The first-order valence-corrected chi connectivity index (χ1v) is 6.85. The van der Waals surface area contributed by atoms with Crippen LogP contribution in [0.25, 0.3) is 0 Å². The second-order valence-electron chi connectivity index (χ2n) is 3.79. The Kier molecular flexibility index (Phi) is 3.64. The lowest BCUT2D eigenvalue weighted by molar-refractivity contribution is 0.102. The molecule has 1 amide bonds. The molecule has 6 heteroatoms. The van der Waals surface area contributed by atoms with Gasteiger partial charge >= 0.3 is 0 Å². The molecule has 19 heavy (non-hydrogen) atoms. The molecule has 0 bridgehead atoms. The lowest BCUT2D eigenvalue weighted by Crippen LogP contribution is -2.16. The lowest BCUT2D eigenvalue weighted by Gasteiger charge is -2.08. The van der Waals surface area contributed by atoms with Crippen LogP contribution in [0.4, 0.5) is 5.69 Å². The van der Waals surface area contributed by atoms with Crippen LogP contribution in [0.15, 0.2) is 59.5 Å². The molecule has 2 rings (SSSR count). The summed E-state index contributed by atoms with van der Waals surface area (Å²) >= 11 is 0. The number of hydrogen-bond acceptors (Lipinski definition) is 3. The summed E-state index contributed by atoms with van der Waals surface area (Å²) in [5, 5.41) is 2.56. The van der Waals surface area contributed by atoms with E-state index in [1.807, 2.05) is 0 Å². The number of anilines is 1. The molecule has 0 aliphatic rings. The monoisotopic (exact) mass is 277 g/mol. The predicted octanol–water partition coefficient (Wildman–Crippen LogP) is 2.19. The van der Waals surface area contributed by atoms with Crippen molar-refractivity contribution in [2.24, 2.45) is 0 Å². The normalized spacial score (nSPS) is 11.0. The van der Waals surface area contributed by atoms with Crippen LogP contribution in [0, 0.1) is 0 Å². The van der Waals surface area contributed by atoms with E-state index in [-0.39, 0.29) is 5.56 Å². The Morgan fingerprint density at radius 1 is 0.947 bits per heavy atom. The molecule has 5 nitrogen and oxygen atoms in total. The highest BCUT2D eigenvalue weighted by atomic mass is 32.2. The van der Waals surface area contributed by atoms with Crippen LogP contribution in [-0.4, -0.2) is 18.9 Å². The summed E-state index contributed by atoms with van der Waals surface area (Å²) in [7, 11) is -4.43. The van der Waals surface area contributed by atoms with Gasteiger partial charge < -0.3 is 5.32 Å². The van der Waals surface area contributed by atoms with Gasteiger partial charge in [-0.1, -0.05) is 30.3 Å². The molecule has 0 radical (unpaired) electrons. The first kappa shape index (κ1) is 13.3. The molecule has 0 atom stereocenters. The summed E-state index contributed by atoms with van der Waals surface area (Å²) in [6.45, 7) is 0. The summed E-state index contributed by atoms with van der Waals surface area (Å²) in [6.07, 6.45) is 0. The molecular weight excluding hydrogens is 266 g/mol. The summed E-state index contributed by atoms with van der Waals surface area (Å²) in [5.41, 5.74) is 0.437. The van der Waals surface area contributed by atoms with Crippen molar-refractivity contribution in [1.82, 2.24) is 0 Å². The zero-order valence-electron chi connectivity index (χ0n) is 9.78. The molecule has 0 aliphatic heterocycles. The molecular formula is C13H11NO4S. The third-order valence-corrected chi connectivity index (χ3v) is 3.35. The maximum atomic E-state index is 12.0. The van der Waals surface area contributed by atoms with Crippen LogP contribution in [0.3, 0.4) is 0 Å². The van der Waals surface area contributed by atoms with Crippen LogP contribution < -0.4 is 5.32 Å². The number of hydrogen-bond donors (Lipinski definition) is 2. The van der Waals surface area contributed by atoms with Crippen molar-refractivity contribution in [3.05, 3.63) is 60.2 Å². The van der Waals surface area contributed by atoms with Gasteiger partial charge in [0.2, 0.25) is 0 Å². The van der Waals surface area contributed by atoms with E-state index in [2.05, 4.69) is 5.32 Å². The number of nitrogens with one attached hydrogen (secondary N) is 1. The SMILES string of the molecule is O=C(Nc1ccccc1)c1ccccc1S(=O)(=O)O. The van der Waals surface area contributed by atoms with E-state index < -0.39 is 20.9 Å². The van der Waals surface area contributed by atoms with Gasteiger partial charge in [0.1, 0.15) is 4.90 Å². The number of carbonyl (C=O) groups excluding carboxylic acids is 1. The highest BCUT2D eigenvalue weighted by Gasteiger charge is 2.19. The number of amides is 1. The maximum absolute atomic E-state index is 12.0. The quantitative estimate of drug-likeness (QED) is 0.842. The highest BCUT2D eigenvalue weighted by Crippen LogP contribution is 2.17. The van der Waals surface area contributed by atoms with E-state index in [4.69, 9.17) is 4.55 Å². The van der Waals surface area contributed by atoms with Crippen molar-refractivity contribution in [2.75, 3.05) is 5.32 Å². The molecule has 2 aromatic carbocycles. The Labute approximate surface area is 110 Å².